The molecule has 2 aromatic rings. The van der Waals surface area contributed by atoms with Crippen LogP contribution in [-0.4, -0.2) is 4.98 Å². The van der Waals surface area contributed by atoms with Crippen LogP contribution in [0, 0.1) is 11.6 Å². The number of nitrogens with one attached hydrogen (secondary N) is 1. The van der Waals surface area contributed by atoms with E-state index in [0.29, 0.717) is 16.0 Å². The molecule has 0 amide bonds. The molecule has 0 aliphatic carbocycles. The third kappa shape index (κ3) is 2.70. The van der Waals surface area contributed by atoms with Gasteiger partial charge in [0.2, 0.25) is 0 Å². The quantitative estimate of drug-likeness (QED) is 0.869. The molecule has 0 atom stereocenters. The van der Waals surface area contributed by atoms with Crippen LogP contribution in [0.15, 0.2) is 28.9 Å². The van der Waals surface area contributed by atoms with E-state index in [2.05, 4.69) is 26.2 Å². The summed E-state index contributed by atoms with van der Waals surface area (Å²) in [7, 11) is 0. The highest BCUT2D eigenvalue weighted by molar-refractivity contribution is 9.10. The van der Waals surface area contributed by atoms with Gasteiger partial charge < -0.3 is 11.1 Å². The molecule has 1 aromatic heterocycles. The largest absolute Gasteiger partial charge is 0.397 e. The van der Waals surface area contributed by atoms with Crippen molar-refractivity contribution in [2.45, 2.75) is 0 Å². The van der Waals surface area contributed by atoms with Crippen molar-refractivity contribution < 1.29 is 8.78 Å². The molecule has 7 heteroatoms. The SMILES string of the molecule is Nc1cnc(Nc2c(F)cc(F)cc2Cl)c(Br)c1. The molecule has 0 radical (unpaired) electrons. The molecule has 1 heterocycles. The van der Waals surface area contributed by atoms with Crippen molar-refractivity contribution in [3.63, 3.8) is 0 Å². The van der Waals surface area contributed by atoms with E-state index < -0.39 is 11.6 Å². The van der Waals surface area contributed by atoms with Gasteiger partial charge in [-0.2, -0.15) is 0 Å². The fraction of sp³-hybridized carbons (Fsp3) is 0. The van der Waals surface area contributed by atoms with Gasteiger partial charge in [0, 0.05) is 6.07 Å². The highest BCUT2D eigenvalue weighted by Gasteiger charge is 2.12. The molecule has 3 nitrogen and oxygen atoms in total. The molecule has 0 saturated carbocycles. The van der Waals surface area contributed by atoms with Gasteiger partial charge in [0.05, 0.1) is 27.1 Å². The molecule has 94 valence electrons. The number of aromatic nitrogens is 1. The van der Waals surface area contributed by atoms with E-state index >= 15 is 0 Å². The second-order valence-corrected chi connectivity index (χ2v) is 4.73. The minimum Gasteiger partial charge on any atom is -0.397 e. The van der Waals surface area contributed by atoms with Crippen molar-refractivity contribution in [1.29, 1.82) is 0 Å². The first-order valence-electron chi connectivity index (χ1n) is 4.80. The Morgan fingerprint density at radius 3 is 2.61 bits per heavy atom. The van der Waals surface area contributed by atoms with Crippen LogP contribution in [0.25, 0.3) is 0 Å². The van der Waals surface area contributed by atoms with Crippen molar-refractivity contribution in [1.82, 2.24) is 4.98 Å². The number of halogens is 4. The third-order valence-electron chi connectivity index (χ3n) is 2.11. The van der Waals surface area contributed by atoms with Gasteiger partial charge in [-0.1, -0.05) is 11.6 Å². The number of hydrogen-bond acceptors (Lipinski definition) is 3. The van der Waals surface area contributed by atoms with Crippen LogP contribution in [0.5, 0.6) is 0 Å². The summed E-state index contributed by atoms with van der Waals surface area (Å²) < 4.78 is 27.0. The number of rotatable bonds is 2. The maximum absolute atomic E-state index is 13.6. The van der Waals surface area contributed by atoms with Crippen LogP contribution in [0.2, 0.25) is 5.02 Å². The monoisotopic (exact) mass is 333 g/mol. The molecule has 0 aliphatic rings. The number of nitrogens with zero attached hydrogens (tertiary/aromatic N) is 1. The summed E-state index contributed by atoms with van der Waals surface area (Å²) in [5, 5.41) is 2.60. The van der Waals surface area contributed by atoms with E-state index in [1.807, 2.05) is 0 Å². The lowest BCUT2D eigenvalue weighted by Gasteiger charge is -2.10. The number of anilines is 3. The van der Waals surface area contributed by atoms with Crippen LogP contribution in [0.3, 0.4) is 0 Å². The molecular formula is C11H7BrClF2N3. The Kier molecular flexibility index (Phi) is 3.68. The summed E-state index contributed by atoms with van der Waals surface area (Å²) in [4.78, 5) is 3.98. The van der Waals surface area contributed by atoms with E-state index in [4.69, 9.17) is 17.3 Å². The van der Waals surface area contributed by atoms with Gasteiger partial charge in [0.25, 0.3) is 0 Å². The van der Waals surface area contributed by atoms with Gasteiger partial charge in [0.1, 0.15) is 11.6 Å². The van der Waals surface area contributed by atoms with Crippen LogP contribution in [0.4, 0.5) is 26.0 Å². The highest BCUT2D eigenvalue weighted by atomic mass is 79.9. The average Bonchev–Trinajstić information content (AvgIpc) is 2.25. The van der Waals surface area contributed by atoms with Gasteiger partial charge in [-0.05, 0) is 28.1 Å². The maximum atomic E-state index is 13.6. The summed E-state index contributed by atoms with van der Waals surface area (Å²) in [6.07, 6.45) is 1.41. The van der Waals surface area contributed by atoms with Crippen LogP contribution >= 0.6 is 27.5 Å². The van der Waals surface area contributed by atoms with Gasteiger partial charge >= 0.3 is 0 Å². The Labute approximate surface area is 115 Å². The second kappa shape index (κ2) is 5.07. The van der Waals surface area contributed by atoms with Gasteiger partial charge in [-0.3, -0.25) is 0 Å². The third-order valence-corrected chi connectivity index (χ3v) is 3.02. The van der Waals surface area contributed by atoms with E-state index in [-0.39, 0.29) is 10.7 Å². The average molecular weight is 335 g/mol. The second-order valence-electron chi connectivity index (χ2n) is 3.47. The molecule has 3 N–H and O–H groups in total. The normalized spacial score (nSPS) is 10.4. The van der Waals surface area contributed by atoms with Crippen molar-refractivity contribution in [3.05, 3.63) is 45.5 Å². The van der Waals surface area contributed by atoms with E-state index in [9.17, 15) is 8.78 Å². The van der Waals surface area contributed by atoms with Crippen molar-refractivity contribution >= 4 is 44.7 Å². The molecule has 18 heavy (non-hydrogen) atoms. The fourth-order valence-electron chi connectivity index (χ4n) is 1.32. The zero-order valence-corrected chi connectivity index (χ0v) is 11.2. The summed E-state index contributed by atoms with van der Waals surface area (Å²) in [5.41, 5.74) is 5.94. The number of nitrogens with two attached hydrogens (primary N) is 1. The molecule has 0 aliphatic heterocycles. The molecule has 0 bridgehead atoms. The Balaban J connectivity index is 2.40. The first-order valence-corrected chi connectivity index (χ1v) is 5.97. The van der Waals surface area contributed by atoms with Crippen LogP contribution in [0.1, 0.15) is 0 Å². The summed E-state index contributed by atoms with van der Waals surface area (Å²) in [6.45, 7) is 0. The topological polar surface area (TPSA) is 50.9 Å². The number of nitrogen functional groups attached to an aromatic ring is 1. The first-order chi connectivity index (χ1) is 8.47. The zero-order chi connectivity index (χ0) is 13.3. The lowest BCUT2D eigenvalue weighted by atomic mass is 10.3. The van der Waals surface area contributed by atoms with Crippen LogP contribution in [-0.2, 0) is 0 Å². The smallest absolute Gasteiger partial charge is 0.151 e. The zero-order valence-electron chi connectivity index (χ0n) is 8.85. The Morgan fingerprint density at radius 2 is 2.00 bits per heavy atom. The first kappa shape index (κ1) is 13.0. The predicted molar refractivity (Wildman–Crippen MR) is 71.0 cm³/mol. The molecule has 2 rings (SSSR count). The molecular weight excluding hydrogens is 327 g/mol. The summed E-state index contributed by atoms with van der Waals surface area (Å²) in [5.74, 6) is -1.21. The minimum absolute atomic E-state index is 0.0453. The van der Waals surface area contributed by atoms with Gasteiger partial charge in [-0.15, -0.1) is 0 Å². The molecule has 0 saturated heterocycles. The fourth-order valence-corrected chi connectivity index (χ4v) is 2.03. The van der Waals surface area contributed by atoms with Crippen molar-refractivity contribution in [2.75, 3.05) is 11.1 Å². The van der Waals surface area contributed by atoms with E-state index in [0.717, 1.165) is 12.1 Å². The summed E-state index contributed by atoms with van der Waals surface area (Å²) in [6, 6.07) is 3.35. The minimum atomic E-state index is -0.800. The number of hydrogen-bond donors (Lipinski definition) is 2. The molecule has 0 fully saturated rings. The van der Waals surface area contributed by atoms with Crippen LogP contribution < -0.4 is 11.1 Å². The van der Waals surface area contributed by atoms with E-state index in [1.54, 1.807) is 6.07 Å². The van der Waals surface area contributed by atoms with Gasteiger partial charge in [-0.25, -0.2) is 13.8 Å². The lowest BCUT2D eigenvalue weighted by Crippen LogP contribution is -2.00. The lowest BCUT2D eigenvalue weighted by molar-refractivity contribution is 0.586. The molecule has 1 aromatic carbocycles. The number of benzene rings is 1. The van der Waals surface area contributed by atoms with Crippen molar-refractivity contribution in [3.8, 4) is 0 Å². The predicted octanol–water partition coefficient (Wildman–Crippen LogP) is 4.10. The maximum Gasteiger partial charge on any atom is 0.151 e. The number of pyridine rings is 1. The molecule has 0 unspecified atom stereocenters. The Bertz CT molecular complexity index is 584. The Morgan fingerprint density at radius 1 is 1.28 bits per heavy atom. The highest BCUT2D eigenvalue weighted by Crippen LogP contribution is 2.31. The van der Waals surface area contributed by atoms with Gasteiger partial charge in [0.15, 0.2) is 5.82 Å². The van der Waals surface area contributed by atoms with E-state index in [1.165, 1.54) is 6.20 Å². The van der Waals surface area contributed by atoms with Crippen molar-refractivity contribution in [2.24, 2.45) is 0 Å². The summed E-state index contributed by atoms with van der Waals surface area (Å²) >= 11 is 8.98. The Hall–Kier alpha value is -1.40. The molecule has 0 spiro atoms. The standard InChI is InChI=1S/C11H7BrClF2N3/c12-7-3-6(16)4-17-11(7)18-10-8(13)1-5(14)2-9(10)15/h1-4H,16H2,(H,17,18).